The predicted octanol–water partition coefficient (Wildman–Crippen LogP) is 4.97. The molecule has 1 N–H and O–H groups in total. The van der Waals surface area contributed by atoms with Crippen molar-refractivity contribution >= 4 is 29.0 Å². The van der Waals surface area contributed by atoms with Crippen LogP contribution in [0.5, 0.6) is 5.75 Å². The Kier molecular flexibility index (Phi) is 7.41. The molecule has 8 nitrogen and oxygen atoms in total. The van der Waals surface area contributed by atoms with Gasteiger partial charge in [0.25, 0.3) is 5.69 Å². The van der Waals surface area contributed by atoms with Crippen LogP contribution in [0.3, 0.4) is 0 Å². The molecule has 0 spiro atoms. The number of ether oxygens (including phenoxy) is 1. The number of anilines is 1. The van der Waals surface area contributed by atoms with Crippen LogP contribution in [-0.2, 0) is 4.79 Å². The van der Waals surface area contributed by atoms with Gasteiger partial charge in [-0.15, -0.1) is 11.8 Å². The molecule has 9 heteroatoms. The summed E-state index contributed by atoms with van der Waals surface area (Å²) in [5.74, 6) is 0.862. The minimum Gasteiger partial charge on any atom is -0.497 e. The zero-order chi connectivity index (χ0) is 23.1. The lowest BCUT2D eigenvalue weighted by Crippen LogP contribution is -2.13. The topological polar surface area (TPSA) is 118 Å². The summed E-state index contributed by atoms with van der Waals surface area (Å²) in [6.45, 7) is 1.77. The van der Waals surface area contributed by atoms with Gasteiger partial charge < -0.3 is 10.1 Å². The Morgan fingerprint density at radius 3 is 2.62 bits per heavy atom. The first-order valence-corrected chi connectivity index (χ1v) is 10.6. The van der Waals surface area contributed by atoms with E-state index in [0.717, 1.165) is 16.9 Å². The molecule has 0 saturated heterocycles. The quantitative estimate of drug-likeness (QED) is 0.294. The van der Waals surface area contributed by atoms with Gasteiger partial charge in [0.2, 0.25) is 5.91 Å². The zero-order valence-corrected chi connectivity index (χ0v) is 18.3. The Bertz CT molecular complexity index is 1190. The molecule has 1 amide bonds. The molecule has 32 heavy (non-hydrogen) atoms. The van der Waals surface area contributed by atoms with Crippen LogP contribution < -0.4 is 10.1 Å². The highest BCUT2D eigenvalue weighted by atomic mass is 32.2. The molecule has 0 aliphatic carbocycles. The van der Waals surface area contributed by atoms with Crippen molar-refractivity contribution in [3.63, 3.8) is 0 Å². The van der Waals surface area contributed by atoms with Crippen LogP contribution in [0.2, 0.25) is 0 Å². The number of benzene rings is 2. The molecule has 3 aromatic rings. The number of thioether (sulfide) groups is 1. The first-order chi connectivity index (χ1) is 15.4. The summed E-state index contributed by atoms with van der Waals surface area (Å²) in [6, 6.07) is 17.4. The van der Waals surface area contributed by atoms with Crippen molar-refractivity contribution in [1.29, 1.82) is 5.26 Å². The normalized spacial score (nSPS) is 10.3. The highest BCUT2D eigenvalue weighted by Gasteiger charge is 2.13. The first kappa shape index (κ1) is 22.8. The van der Waals surface area contributed by atoms with E-state index >= 15 is 0 Å². The third-order valence-corrected chi connectivity index (χ3v) is 5.63. The Labute approximate surface area is 189 Å². The van der Waals surface area contributed by atoms with Gasteiger partial charge in [0.05, 0.1) is 29.0 Å². The number of nitrogens with zero attached hydrogens (tertiary/aromatic N) is 3. The maximum absolute atomic E-state index is 12.3. The zero-order valence-electron chi connectivity index (χ0n) is 17.5. The lowest BCUT2D eigenvalue weighted by atomic mass is 10.1. The molecule has 0 unspecified atom stereocenters. The number of rotatable bonds is 8. The van der Waals surface area contributed by atoms with Crippen molar-refractivity contribution in [2.75, 3.05) is 18.2 Å². The van der Waals surface area contributed by atoms with E-state index < -0.39 is 4.92 Å². The average Bonchev–Trinajstić information content (AvgIpc) is 2.80. The molecule has 2 aromatic carbocycles. The Hall–Kier alpha value is -3.90. The number of carbonyl (C=O) groups is 1. The van der Waals surface area contributed by atoms with Crippen LogP contribution in [0.25, 0.3) is 11.3 Å². The molecule has 0 atom stereocenters. The molecule has 1 heterocycles. The van der Waals surface area contributed by atoms with Gasteiger partial charge >= 0.3 is 0 Å². The predicted molar refractivity (Wildman–Crippen MR) is 123 cm³/mol. The number of hydrogen-bond acceptors (Lipinski definition) is 7. The number of pyridine rings is 1. The van der Waals surface area contributed by atoms with Crippen LogP contribution >= 0.6 is 11.8 Å². The van der Waals surface area contributed by atoms with E-state index in [2.05, 4.69) is 16.4 Å². The van der Waals surface area contributed by atoms with Gasteiger partial charge in [-0.25, -0.2) is 4.98 Å². The average molecular weight is 449 g/mol. The third-order valence-electron chi connectivity index (χ3n) is 4.64. The van der Waals surface area contributed by atoms with Crippen LogP contribution in [0.4, 0.5) is 11.4 Å². The second kappa shape index (κ2) is 10.4. The molecule has 0 aliphatic heterocycles. The molecule has 0 fully saturated rings. The molecule has 1 aromatic heterocycles. The van der Waals surface area contributed by atoms with Gasteiger partial charge in [0, 0.05) is 29.9 Å². The SMILES string of the molecule is COc1ccc(-c2ccc(C#N)c(SCCC(=O)Nc3cc([N+](=O)[O-])ccc3C)n2)cc1. The van der Waals surface area contributed by atoms with Crippen LogP contribution in [0, 0.1) is 28.4 Å². The van der Waals surface area contributed by atoms with Crippen molar-refractivity contribution in [3.05, 3.63) is 75.8 Å². The Morgan fingerprint density at radius 1 is 1.22 bits per heavy atom. The summed E-state index contributed by atoms with van der Waals surface area (Å²) in [4.78, 5) is 27.4. The van der Waals surface area contributed by atoms with Crippen molar-refractivity contribution in [2.45, 2.75) is 18.4 Å². The van der Waals surface area contributed by atoms with Gasteiger partial charge in [-0.3, -0.25) is 14.9 Å². The summed E-state index contributed by atoms with van der Waals surface area (Å²) in [5.41, 5.74) is 3.09. The van der Waals surface area contributed by atoms with Gasteiger partial charge in [-0.2, -0.15) is 5.26 Å². The molecule has 0 radical (unpaired) electrons. The lowest BCUT2D eigenvalue weighted by molar-refractivity contribution is -0.384. The minimum absolute atomic E-state index is 0.0847. The van der Waals surface area contributed by atoms with Crippen LogP contribution in [0.1, 0.15) is 17.5 Å². The minimum atomic E-state index is -0.504. The molecule has 0 bridgehead atoms. The number of amides is 1. The van der Waals surface area contributed by atoms with Crippen molar-refractivity contribution in [3.8, 4) is 23.1 Å². The van der Waals surface area contributed by atoms with E-state index in [0.29, 0.717) is 27.7 Å². The van der Waals surface area contributed by atoms with E-state index in [4.69, 9.17) is 4.74 Å². The molecule has 162 valence electrons. The monoisotopic (exact) mass is 448 g/mol. The number of hydrogen-bond donors (Lipinski definition) is 1. The van der Waals surface area contributed by atoms with Crippen LogP contribution in [-0.4, -0.2) is 28.7 Å². The number of non-ortho nitro benzene ring substituents is 1. The maximum atomic E-state index is 12.3. The fourth-order valence-corrected chi connectivity index (χ4v) is 3.78. The third kappa shape index (κ3) is 5.62. The summed E-state index contributed by atoms with van der Waals surface area (Å²) >= 11 is 1.31. The maximum Gasteiger partial charge on any atom is 0.271 e. The summed E-state index contributed by atoms with van der Waals surface area (Å²) in [6.07, 6.45) is 0.159. The van der Waals surface area contributed by atoms with E-state index in [1.165, 1.54) is 23.9 Å². The summed E-state index contributed by atoms with van der Waals surface area (Å²) in [7, 11) is 1.60. The van der Waals surface area contributed by atoms with Crippen molar-refractivity contribution in [2.24, 2.45) is 0 Å². The second-order valence-electron chi connectivity index (χ2n) is 6.79. The molecular formula is C23H20N4O4S. The Balaban J connectivity index is 1.66. The van der Waals surface area contributed by atoms with E-state index in [1.807, 2.05) is 24.3 Å². The van der Waals surface area contributed by atoms with Crippen molar-refractivity contribution < 1.29 is 14.5 Å². The highest BCUT2D eigenvalue weighted by Crippen LogP contribution is 2.27. The molecular weight excluding hydrogens is 428 g/mol. The number of aromatic nitrogens is 1. The Morgan fingerprint density at radius 2 is 1.97 bits per heavy atom. The number of nitro groups is 1. The number of nitriles is 1. The fraction of sp³-hybridized carbons (Fsp3) is 0.174. The number of nitrogens with one attached hydrogen (secondary N) is 1. The van der Waals surface area contributed by atoms with Crippen molar-refractivity contribution in [1.82, 2.24) is 4.98 Å². The highest BCUT2D eigenvalue weighted by molar-refractivity contribution is 7.99. The van der Waals surface area contributed by atoms with Gasteiger partial charge in [-0.1, -0.05) is 6.07 Å². The number of methoxy groups -OCH3 is 1. The number of nitro benzene ring substituents is 1. The summed E-state index contributed by atoms with van der Waals surface area (Å²) in [5, 5.41) is 23.6. The fourth-order valence-electron chi connectivity index (χ4n) is 2.87. The summed E-state index contributed by atoms with van der Waals surface area (Å²) < 4.78 is 5.17. The molecule has 3 rings (SSSR count). The number of carbonyl (C=O) groups excluding carboxylic acids is 1. The van der Waals surface area contributed by atoms with E-state index in [-0.39, 0.29) is 18.0 Å². The lowest BCUT2D eigenvalue weighted by Gasteiger charge is -2.09. The number of aryl methyl sites for hydroxylation is 1. The van der Waals surface area contributed by atoms with Gasteiger partial charge in [0.1, 0.15) is 16.8 Å². The largest absolute Gasteiger partial charge is 0.497 e. The smallest absolute Gasteiger partial charge is 0.271 e. The van der Waals surface area contributed by atoms with Crippen LogP contribution in [0.15, 0.2) is 59.6 Å². The van der Waals surface area contributed by atoms with E-state index in [1.54, 1.807) is 32.2 Å². The standard InChI is InChI=1S/C23H20N4O4S/c1-15-3-7-18(27(29)30)13-21(15)25-22(28)11-12-32-23-17(14-24)6-10-20(26-23)16-4-8-19(31-2)9-5-16/h3-10,13H,11-12H2,1-2H3,(H,25,28). The molecule has 0 aliphatic rings. The van der Waals surface area contributed by atoms with Gasteiger partial charge in [-0.05, 0) is 48.9 Å². The van der Waals surface area contributed by atoms with E-state index in [9.17, 15) is 20.2 Å². The first-order valence-electron chi connectivity index (χ1n) is 9.64. The second-order valence-corrected chi connectivity index (χ2v) is 7.88. The molecule has 0 saturated carbocycles. The van der Waals surface area contributed by atoms with Gasteiger partial charge in [0.15, 0.2) is 0 Å².